The van der Waals surface area contributed by atoms with Crippen LogP contribution in [0.3, 0.4) is 0 Å². The summed E-state index contributed by atoms with van der Waals surface area (Å²) in [6, 6.07) is 7.87. The summed E-state index contributed by atoms with van der Waals surface area (Å²) in [6.45, 7) is -0.282. The molecule has 0 fully saturated rings. The normalized spacial score (nSPS) is 14.3. The van der Waals surface area contributed by atoms with Gasteiger partial charge in [0.25, 0.3) is 10.1 Å². The van der Waals surface area contributed by atoms with Crippen molar-refractivity contribution in [2.45, 2.75) is 6.04 Å². The van der Waals surface area contributed by atoms with Crippen LogP contribution < -0.4 is 4.72 Å². The monoisotopic (exact) mass is 293 g/mol. The molecule has 1 N–H and O–H groups in total. The van der Waals surface area contributed by atoms with Crippen molar-refractivity contribution in [2.75, 3.05) is 19.1 Å². The lowest BCUT2D eigenvalue weighted by molar-refractivity contribution is 0.287. The van der Waals surface area contributed by atoms with Crippen LogP contribution in [-0.2, 0) is 24.3 Å². The van der Waals surface area contributed by atoms with Crippen molar-refractivity contribution in [3.63, 3.8) is 0 Å². The number of nitrogens with one attached hydrogen (secondary N) is 1. The fraction of sp³-hybridized carbons (Fsp3) is 0.400. The van der Waals surface area contributed by atoms with E-state index in [2.05, 4.69) is 8.91 Å². The van der Waals surface area contributed by atoms with Crippen LogP contribution in [0.2, 0.25) is 0 Å². The predicted octanol–water partition coefficient (Wildman–Crippen LogP) is 0.253. The first-order valence-electron chi connectivity index (χ1n) is 5.04. The van der Waals surface area contributed by atoms with Crippen LogP contribution in [0, 0.1) is 0 Å². The molecule has 6 nitrogen and oxygen atoms in total. The quantitative estimate of drug-likeness (QED) is 0.760. The summed E-state index contributed by atoms with van der Waals surface area (Å²) in [4.78, 5) is 0. The first-order chi connectivity index (χ1) is 8.17. The molecule has 0 saturated heterocycles. The molecule has 0 heterocycles. The zero-order valence-electron chi connectivity index (χ0n) is 10.0. The Morgan fingerprint density at radius 1 is 1.11 bits per heavy atom. The van der Waals surface area contributed by atoms with Crippen molar-refractivity contribution in [2.24, 2.45) is 0 Å². The molecule has 1 atom stereocenters. The highest BCUT2D eigenvalue weighted by Crippen LogP contribution is 2.14. The number of hydrogen-bond donors (Lipinski definition) is 1. The van der Waals surface area contributed by atoms with Crippen LogP contribution in [0.1, 0.15) is 11.6 Å². The van der Waals surface area contributed by atoms with Gasteiger partial charge < -0.3 is 0 Å². The van der Waals surface area contributed by atoms with E-state index in [-0.39, 0.29) is 6.61 Å². The topological polar surface area (TPSA) is 89.5 Å². The zero-order valence-corrected chi connectivity index (χ0v) is 11.7. The smallest absolute Gasteiger partial charge is 0.264 e. The first-order valence-corrected chi connectivity index (χ1v) is 8.75. The van der Waals surface area contributed by atoms with Crippen LogP contribution in [-0.4, -0.2) is 36.0 Å². The summed E-state index contributed by atoms with van der Waals surface area (Å²) in [7, 11) is -7.08. The Hall–Kier alpha value is -0.960. The molecule has 102 valence electrons. The molecule has 0 aliphatic rings. The van der Waals surface area contributed by atoms with Gasteiger partial charge in [0.1, 0.15) is 0 Å². The molecule has 0 radical (unpaired) electrons. The second-order valence-electron chi connectivity index (χ2n) is 3.84. The molecule has 1 rings (SSSR count). The van der Waals surface area contributed by atoms with Crippen molar-refractivity contribution < 1.29 is 21.0 Å². The Labute approximate surface area is 107 Å². The predicted molar refractivity (Wildman–Crippen MR) is 68.0 cm³/mol. The van der Waals surface area contributed by atoms with Gasteiger partial charge in [-0.2, -0.15) is 8.42 Å². The average molecular weight is 293 g/mol. The Balaban J connectivity index is 2.89. The van der Waals surface area contributed by atoms with Crippen molar-refractivity contribution in [3.05, 3.63) is 35.9 Å². The molecule has 0 aromatic heterocycles. The second kappa shape index (κ2) is 5.79. The molecule has 0 unspecified atom stereocenters. The van der Waals surface area contributed by atoms with E-state index in [0.717, 1.165) is 12.5 Å². The van der Waals surface area contributed by atoms with Gasteiger partial charge in [-0.05, 0) is 5.56 Å². The summed E-state index contributed by atoms with van der Waals surface area (Å²) in [5.41, 5.74) is 0.631. The summed E-state index contributed by atoms with van der Waals surface area (Å²) >= 11 is 0. The molecule has 0 bridgehead atoms. The molecular weight excluding hydrogens is 278 g/mol. The minimum Gasteiger partial charge on any atom is -0.268 e. The lowest BCUT2D eigenvalue weighted by Gasteiger charge is -2.17. The number of hydrogen-bond acceptors (Lipinski definition) is 5. The minimum atomic E-state index is -3.62. The van der Waals surface area contributed by atoms with E-state index in [1.165, 1.54) is 0 Å². The maximum Gasteiger partial charge on any atom is 0.264 e. The number of rotatable bonds is 6. The van der Waals surface area contributed by atoms with Gasteiger partial charge in [0.2, 0.25) is 10.0 Å². The molecule has 0 spiro atoms. The molecule has 0 saturated carbocycles. The molecule has 8 heteroatoms. The molecule has 1 aromatic rings. The van der Waals surface area contributed by atoms with Crippen LogP contribution in [0.15, 0.2) is 30.3 Å². The maximum atomic E-state index is 11.2. The summed E-state index contributed by atoms with van der Waals surface area (Å²) < 4.78 is 51.3. The summed E-state index contributed by atoms with van der Waals surface area (Å²) in [5, 5.41) is 0. The number of sulfonamides is 1. The van der Waals surface area contributed by atoms with Crippen LogP contribution >= 0.6 is 0 Å². The van der Waals surface area contributed by atoms with Crippen LogP contribution in [0.25, 0.3) is 0 Å². The van der Waals surface area contributed by atoms with E-state index in [0.29, 0.717) is 5.56 Å². The third-order valence-corrected chi connectivity index (χ3v) is 3.28. The summed E-state index contributed by atoms with van der Waals surface area (Å²) in [6.07, 6.45) is 1.92. The van der Waals surface area contributed by atoms with Crippen molar-refractivity contribution in [1.82, 2.24) is 4.72 Å². The van der Waals surface area contributed by atoms with E-state index in [4.69, 9.17) is 0 Å². The van der Waals surface area contributed by atoms with Gasteiger partial charge in [0.05, 0.1) is 25.2 Å². The minimum absolute atomic E-state index is 0.282. The second-order valence-corrected chi connectivity index (χ2v) is 7.27. The molecule has 0 aliphatic heterocycles. The fourth-order valence-corrected chi connectivity index (χ4v) is 2.44. The van der Waals surface area contributed by atoms with Gasteiger partial charge >= 0.3 is 0 Å². The van der Waals surface area contributed by atoms with Crippen LogP contribution in [0.5, 0.6) is 0 Å². The van der Waals surface area contributed by atoms with Gasteiger partial charge in [-0.25, -0.2) is 13.1 Å². The standard InChI is InChI=1S/C10H15NO5S2/c1-17(12,13)11-10(8-16-18(2,14)15)9-6-4-3-5-7-9/h3-7,10-11H,8H2,1-2H3/t10-/m1/s1. The highest BCUT2D eigenvalue weighted by atomic mass is 32.2. The van der Waals surface area contributed by atoms with Crippen LogP contribution in [0.4, 0.5) is 0 Å². The highest BCUT2D eigenvalue weighted by molar-refractivity contribution is 7.88. The molecule has 0 amide bonds. The third kappa shape index (κ3) is 6.10. The van der Waals surface area contributed by atoms with Gasteiger partial charge in [-0.15, -0.1) is 0 Å². The molecular formula is C10H15NO5S2. The first kappa shape index (κ1) is 15.1. The SMILES string of the molecule is CS(=O)(=O)N[C@H](COS(C)(=O)=O)c1ccccc1. The Morgan fingerprint density at radius 3 is 2.11 bits per heavy atom. The summed E-state index contributed by atoms with van der Waals surface area (Å²) in [5.74, 6) is 0. The molecule has 18 heavy (non-hydrogen) atoms. The van der Waals surface area contributed by atoms with Gasteiger partial charge in [-0.3, -0.25) is 4.18 Å². The van der Waals surface area contributed by atoms with E-state index in [1.807, 2.05) is 0 Å². The van der Waals surface area contributed by atoms with Crippen molar-refractivity contribution in [3.8, 4) is 0 Å². The van der Waals surface area contributed by atoms with Gasteiger partial charge in [0.15, 0.2) is 0 Å². The van der Waals surface area contributed by atoms with Crippen molar-refractivity contribution >= 4 is 20.1 Å². The van der Waals surface area contributed by atoms with E-state index in [9.17, 15) is 16.8 Å². The van der Waals surface area contributed by atoms with Gasteiger partial charge in [0, 0.05) is 0 Å². The Morgan fingerprint density at radius 2 is 1.67 bits per heavy atom. The Kier molecular flexibility index (Phi) is 4.85. The van der Waals surface area contributed by atoms with Gasteiger partial charge in [-0.1, -0.05) is 30.3 Å². The zero-order chi connectivity index (χ0) is 13.8. The average Bonchev–Trinajstić information content (AvgIpc) is 2.23. The van der Waals surface area contributed by atoms with E-state index in [1.54, 1.807) is 30.3 Å². The maximum absolute atomic E-state index is 11.2. The fourth-order valence-electron chi connectivity index (χ4n) is 1.33. The largest absolute Gasteiger partial charge is 0.268 e. The van der Waals surface area contributed by atoms with Crippen molar-refractivity contribution in [1.29, 1.82) is 0 Å². The Bertz CT molecular complexity index is 580. The lowest BCUT2D eigenvalue weighted by atomic mass is 10.1. The third-order valence-electron chi connectivity index (χ3n) is 2.01. The van der Waals surface area contributed by atoms with E-state index >= 15 is 0 Å². The molecule has 1 aromatic carbocycles. The van der Waals surface area contributed by atoms with E-state index < -0.39 is 26.2 Å². The lowest BCUT2D eigenvalue weighted by Crippen LogP contribution is -2.31. The molecule has 0 aliphatic carbocycles. The number of benzene rings is 1. The highest BCUT2D eigenvalue weighted by Gasteiger charge is 2.18.